The molecule has 4 nitrogen and oxygen atoms in total. The number of hydrogen-bond acceptors (Lipinski definition) is 4. The summed E-state index contributed by atoms with van der Waals surface area (Å²) in [5.74, 6) is -1.27. The number of rotatable bonds is 6. The van der Waals surface area contributed by atoms with Crippen LogP contribution >= 0.6 is 11.8 Å². The Labute approximate surface area is 110 Å². The van der Waals surface area contributed by atoms with Crippen molar-refractivity contribution in [2.45, 2.75) is 24.7 Å². The summed E-state index contributed by atoms with van der Waals surface area (Å²) >= 11 is 1.50. The molecule has 1 rings (SSSR count). The van der Waals surface area contributed by atoms with Crippen LogP contribution < -0.4 is 0 Å². The number of aliphatic carboxylic acids is 1. The van der Waals surface area contributed by atoms with E-state index in [1.807, 2.05) is 12.3 Å². The van der Waals surface area contributed by atoms with Crippen molar-refractivity contribution in [1.29, 1.82) is 0 Å². The van der Waals surface area contributed by atoms with Crippen LogP contribution in [0.15, 0.2) is 23.1 Å². The Hall–Kier alpha value is -1.49. The Morgan fingerprint density at radius 1 is 1.39 bits per heavy atom. The van der Waals surface area contributed by atoms with E-state index in [0.29, 0.717) is 18.6 Å². The smallest absolute Gasteiger partial charge is 0.338 e. The monoisotopic (exact) mass is 268 g/mol. The first-order valence-corrected chi connectivity index (χ1v) is 6.87. The molecular weight excluding hydrogens is 252 g/mol. The van der Waals surface area contributed by atoms with Gasteiger partial charge in [0.15, 0.2) is 0 Å². The van der Waals surface area contributed by atoms with Crippen molar-refractivity contribution in [3.8, 4) is 0 Å². The first kappa shape index (κ1) is 14.6. The molecule has 0 amide bonds. The molecule has 0 heterocycles. The van der Waals surface area contributed by atoms with Crippen molar-refractivity contribution in [1.82, 2.24) is 0 Å². The van der Waals surface area contributed by atoms with Gasteiger partial charge >= 0.3 is 11.9 Å². The normalized spacial score (nSPS) is 10.1. The summed E-state index contributed by atoms with van der Waals surface area (Å²) in [5, 5.41) is 8.75. The van der Waals surface area contributed by atoms with Crippen molar-refractivity contribution in [2.24, 2.45) is 0 Å². The minimum Gasteiger partial charge on any atom is -0.481 e. The highest BCUT2D eigenvalue weighted by molar-refractivity contribution is 7.98. The van der Waals surface area contributed by atoms with E-state index in [0.717, 1.165) is 10.5 Å². The van der Waals surface area contributed by atoms with Crippen LogP contribution in [0.1, 0.15) is 29.3 Å². The Morgan fingerprint density at radius 2 is 2.11 bits per heavy atom. The van der Waals surface area contributed by atoms with Crippen LogP contribution in [0.4, 0.5) is 0 Å². The lowest BCUT2D eigenvalue weighted by Gasteiger charge is -2.11. The first-order valence-electron chi connectivity index (χ1n) is 5.65. The number of esters is 1. The van der Waals surface area contributed by atoms with Gasteiger partial charge in [-0.3, -0.25) is 4.79 Å². The third-order valence-electron chi connectivity index (χ3n) is 2.44. The minimum atomic E-state index is -0.874. The molecule has 0 unspecified atom stereocenters. The summed E-state index contributed by atoms with van der Waals surface area (Å²) in [6, 6.07) is 5.34. The van der Waals surface area contributed by atoms with Crippen molar-refractivity contribution in [3.63, 3.8) is 0 Å². The number of thioether (sulfide) groups is 1. The van der Waals surface area contributed by atoms with Gasteiger partial charge in [0.1, 0.15) is 0 Å². The third kappa shape index (κ3) is 3.77. The number of carbonyl (C=O) groups is 2. The Balaban J connectivity index is 3.07. The van der Waals surface area contributed by atoms with E-state index in [4.69, 9.17) is 9.84 Å². The van der Waals surface area contributed by atoms with Gasteiger partial charge in [-0.05, 0) is 37.3 Å². The zero-order valence-electron chi connectivity index (χ0n) is 10.4. The average Bonchev–Trinajstić information content (AvgIpc) is 2.36. The predicted molar refractivity (Wildman–Crippen MR) is 70.1 cm³/mol. The molecule has 0 saturated heterocycles. The number of carbonyl (C=O) groups excluding carboxylic acids is 1. The van der Waals surface area contributed by atoms with Gasteiger partial charge in [-0.25, -0.2) is 4.79 Å². The van der Waals surface area contributed by atoms with E-state index in [9.17, 15) is 9.59 Å². The molecule has 0 aromatic heterocycles. The Morgan fingerprint density at radius 3 is 2.67 bits per heavy atom. The number of carboxylic acids is 1. The second kappa shape index (κ2) is 7.06. The molecule has 0 bridgehead atoms. The fraction of sp³-hybridized carbons (Fsp3) is 0.385. The summed E-state index contributed by atoms with van der Waals surface area (Å²) in [4.78, 5) is 23.4. The third-order valence-corrected chi connectivity index (χ3v) is 3.26. The van der Waals surface area contributed by atoms with Crippen LogP contribution in [-0.2, 0) is 16.0 Å². The molecule has 0 aliphatic carbocycles. The van der Waals surface area contributed by atoms with Gasteiger partial charge in [0, 0.05) is 11.3 Å². The van der Waals surface area contributed by atoms with Crippen LogP contribution in [0.5, 0.6) is 0 Å². The van der Waals surface area contributed by atoms with Gasteiger partial charge in [-0.2, -0.15) is 0 Å². The highest BCUT2D eigenvalue weighted by atomic mass is 32.2. The summed E-state index contributed by atoms with van der Waals surface area (Å²) in [7, 11) is 0. The quantitative estimate of drug-likeness (QED) is 0.634. The van der Waals surface area contributed by atoms with Gasteiger partial charge < -0.3 is 9.84 Å². The van der Waals surface area contributed by atoms with Crippen molar-refractivity contribution in [2.75, 3.05) is 12.9 Å². The lowest BCUT2D eigenvalue weighted by atomic mass is 10.0. The minimum absolute atomic E-state index is 0.00395. The predicted octanol–water partition coefficient (Wildman–Crippen LogP) is 2.60. The second-order valence-corrected chi connectivity index (χ2v) is 4.45. The molecule has 1 aromatic rings. The van der Waals surface area contributed by atoms with E-state index < -0.39 is 11.9 Å². The van der Waals surface area contributed by atoms with Crippen molar-refractivity contribution >= 4 is 23.7 Å². The fourth-order valence-corrected chi connectivity index (χ4v) is 2.32. The van der Waals surface area contributed by atoms with Crippen LogP contribution in [0.3, 0.4) is 0 Å². The Kier molecular flexibility index (Phi) is 5.71. The maximum Gasteiger partial charge on any atom is 0.338 e. The van der Waals surface area contributed by atoms with Crippen LogP contribution in [0.2, 0.25) is 0 Å². The van der Waals surface area contributed by atoms with Gasteiger partial charge in [0.05, 0.1) is 12.2 Å². The number of ether oxygens (including phenoxy) is 1. The zero-order valence-corrected chi connectivity index (χ0v) is 11.3. The molecule has 0 radical (unpaired) electrons. The average molecular weight is 268 g/mol. The number of benzene rings is 1. The number of hydrogen-bond donors (Lipinski definition) is 1. The first-order chi connectivity index (χ1) is 8.60. The van der Waals surface area contributed by atoms with Crippen LogP contribution in [0.25, 0.3) is 0 Å². The molecule has 0 atom stereocenters. The fourth-order valence-electron chi connectivity index (χ4n) is 1.65. The summed E-state index contributed by atoms with van der Waals surface area (Å²) in [6.45, 7) is 2.05. The maximum atomic E-state index is 11.8. The second-order valence-electron chi connectivity index (χ2n) is 3.60. The molecule has 98 valence electrons. The summed E-state index contributed by atoms with van der Waals surface area (Å²) < 4.78 is 4.98. The maximum absolute atomic E-state index is 11.8. The summed E-state index contributed by atoms with van der Waals surface area (Å²) in [6.07, 6.45) is 2.24. The largest absolute Gasteiger partial charge is 0.481 e. The zero-order chi connectivity index (χ0) is 13.5. The molecule has 0 aliphatic rings. The van der Waals surface area contributed by atoms with Gasteiger partial charge in [-0.1, -0.05) is 6.07 Å². The highest BCUT2D eigenvalue weighted by Crippen LogP contribution is 2.25. The van der Waals surface area contributed by atoms with Crippen molar-refractivity contribution in [3.05, 3.63) is 29.3 Å². The van der Waals surface area contributed by atoms with Gasteiger partial charge in [0.2, 0.25) is 0 Å². The molecule has 5 heteroatoms. The SMILES string of the molecule is CCOC(=O)c1cccc(SC)c1CCC(=O)O. The molecule has 0 saturated carbocycles. The van der Waals surface area contributed by atoms with E-state index in [1.54, 1.807) is 19.1 Å². The molecule has 1 N–H and O–H groups in total. The molecular formula is C13H16O4S. The van der Waals surface area contributed by atoms with E-state index in [1.165, 1.54) is 11.8 Å². The standard InChI is InChI=1S/C13H16O4S/c1-3-17-13(16)10-5-4-6-11(18-2)9(10)7-8-12(14)15/h4-6H,3,7-8H2,1-2H3,(H,14,15). The van der Waals surface area contributed by atoms with E-state index in [2.05, 4.69) is 0 Å². The molecule has 18 heavy (non-hydrogen) atoms. The molecule has 0 fully saturated rings. The lowest BCUT2D eigenvalue weighted by Crippen LogP contribution is -2.10. The highest BCUT2D eigenvalue weighted by Gasteiger charge is 2.16. The van der Waals surface area contributed by atoms with Crippen molar-refractivity contribution < 1.29 is 19.4 Å². The van der Waals surface area contributed by atoms with Crippen LogP contribution in [-0.4, -0.2) is 29.9 Å². The van der Waals surface area contributed by atoms with E-state index in [-0.39, 0.29) is 6.42 Å². The van der Waals surface area contributed by atoms with Gasteiger partial charge in [-0.15, -0.1) is 11.8 Å². The summed E-state index contributed by atoms with van der Waals surface area (Å²) in [5.41, 5.74) is 1.22. The molecule has 1 aromatic carbocycles. The Bertz CT molecular complexity index is 443. The van der Waals surface area contributed by atoms with E-state index >= 15 is 0 Å². The number of carboxylic acid groups (broad SMARTS) is 1. The molecule has 0 spiro atoms. The van der Waals surface area contributed by atoms with Crippen LogP contribution in [0, 0.1) is 0 Å². The lowest BCUT2D eigenvalue weighted by molar-refractivity contribution is -0.136. The topological polar surface area (TPSA) is 63.6 Å². The molecule has 0 aliphatic heterocycles. The van der Waals surface area contributed by atoms with Gasteiger partial charge in [0.25, 0.3) is 0 Å².